The molecule has 1 aliphatic rings. The summed E-state index contributed by atoms with van der Waals surface area (Å²) in [4.78, 5) is 31.8. The van der Waals surface area contributed by atoms with Crippen molar-refractivity contribution in [3.05, 3.63) is 101 Å². The minimum absolute atomic E-state index is 0.0656. The smallest absolute Gasteiger partial charge is 0.295 e. The minimum Gasteiger partial charge on any atom is -0.507 e. The Kier molecular flexibility index (Phi) is 7.27. The van der Waals surface area contributed by atoms with Gasteiger partial charge in [-0.05, 0) is 36.2 Å². The molecule has 2 heterocycles. The van der Waals surface area contributed by atoms with Crippen molar-refractivity contribution in [2.45, 2.75) is 19.0 Å². The number of Topliss-reactive ketones (excluding diaryl/α,β-unsaturated/α-hetero) is 1. The number of hydrogen-bond donors (Lipinski definition) is 1. The lowest BCUT2D eigenvalue weighted by molar-refractivity contribution is -0.139. The molecule has 1 fully saturated rings. The third-order valence-electron chi connectivity index (χ3n) is 5.57. The molecule has 7 nitrogen and oxygen atoms in total. The molecule has 2 aromatic carbocycles. The number of aryl methyl sites for hydroxylation is 1. The van der Waals surface area contributed by atoms with Crippen LogP contribution in [0.4, 0.5) is 0 Å². The number of halogens is 1. The summed E-state index contributed by atoms with van der Waals surface area (Å²) in [6.07, 6.45) is 7.51. The summed E-state index contributed by atoms with van der Waals surface area (Å²) in [7, 11) is 0. The van der Waals surface area contributed by atoms with E-state index in [2.05, 4.69) is 27.5 Å². The molecule has 3 aromatic rings. The second-order valence-electron chi connectivity index (χ2n) is 7.83. The first kappa shape index (κ1) is 23.5. The Labute approximate surface area is 206 Å². The monoisotopic (exact) mass is 521 g/mol. The van der Waals surface area contributed by atoms with Gasteiger partial charge < -0.3 is 19.3 Å². The van der Waals surface area contributed by atoms with E-state index in [0.29, 0.717) is 43.0 Å². The molecule has 1 unspecified atom stereocenters. The van der Waals surface area contributed by atoms with Gasteiger partial charge in [-0.2, -0.15) is 0 Å². The zero-order valence-corrected chi connectivity index (χ0v) is 20.0. The number of carbonyl (C=O) groups excluding carboxylic acids is 2. The molecule has 174 valence electrons. The van der Waals surface area contributed by atoms with Gasteiger partial charge >= 0.3 is 0 Å². The fourth-order valence-electron chi connectivity index (χ4n) is 3.99. The Hall–Kier alpha value is -3.65. The van der Waals surface area contributed by atoms with Gasteiger partial charge in [0.1, 0.15) is 18.1 Å². The standard InChI is InChI=1S/C26H24BrN3O4/c1-2-15-34-21-6-3-5-19(16-21)23-22(24(31)18-7-9-20(27)10-8-18)25(32)26(33)30(23)13-4-12-29-14-11-28-17-29/h2-3,5-11,14,16-17,23,31H,1,4,12-13,15H2/b24-22-. The SMILES string of the molecule is C=CCOc1cccc(C2/C(=C(/O)c3ccc(Br)cc3)C(=O)C(=O)N2CCCn2ccnc2)c1. The number of ether oxygens (including phenoxy) is 1. The van der Waals surface area contributed by atoms with E-state index in [-0.39, 0.29) is 11.3 Å². The number of ketones is 1. The van der Waals surface area contributed by atoms with E-state index >= 15 is 0 Å². The molecule has 1 atom stereocenters. The first-order valence-electron chi connectivity index (χ1n) is 10.8. The number of aliphatic hydroxyl groups is 1. The predicted octanol–water partition coefficient (Wildman–Crippen LogP) is 4.72. The van der Waals surface area contributed by atoms with Gasteiger partial charge in [0.2, 0.25) is 0 Å². The molecule has 1 saturated heterocycles. The number of hydrogen-bond acceptors (Lipinski definition) is 5. The lowest BCUT2D eigenvalue weighted by Gasteiger charge is -2.25. The second-order valence-corrected chi connectivity index (χ2v) is 8.74. The van der Waals surface area contributed by atoms with Crippen LogP contribution < -0.4 is 4.74 Å². The van der Waals surface area contributed by atoms with Crippen LogP contribution >= 0.6 is 15.9 Å². The molecule has 0 spiro atoms. The molecule has 0 bridgehead atoms. The molecule has 0 aliphatic carbocycles. The summed E-state index contributed by atoms with van der Waals surface area (Å²) in [6.45, 7) is 4.97. The molecule has 1 aliphatic heterocycles. The average Bonchev–Trinajstić information content (AvgIpc) is 3.45. The number of amides is 1. The summed E-state index contributed by atoms with van der Waals surface area (Å²) in [5, 5.41) is 11.1. The second kappa shape index (κ2) is 10.5. The molecule has 4 rings (SSSR count). The number of rotatable bonds is 9. The first-order valence-corrected chi connectivity index (χ1v) is 11.6. The Morgan fingerprint density at radius 2 is 1.97 bits per heavy atom. The highest BCUT2D eigenvalue weighted by molar-refractivity contribution is 9.10. The van der Waals surface area contributed by atoms with Crippen molar-refractivity contribution in [1.29, 1.82) is 0 Å². The van der Waals surface area contributed by atoms with E-state index < -0.39 is 17.7 Å². The minimum atomic E-state index is -0.737. The Bertz CT molecular complexity index is 1220. The number of carbonyl (C=O) groups is 2. The van der Waals surface area contributed by atoms with Crippen molar-refractivity contribution in [3.8, 4) is 5.75 Å². The summed E-state index contributed by atoms with van der Waals surface area (Å²) in [6, 6.07) is 13.4. The van der Waals surface area contributed by atoms with Gasteiger partial charge in [0.05, 0.1) is 17.9 Å². The van der Waals surface area contributed by atoms with E-state index in [1.807, 2.05) is 16.8 Å². The third-order valence-corrected chi connectivity index (χ3v) is 6.10. The number of aromatic nitrogens is 2. The molecular formula is C26H24BrN3O4. The highest BCUT2D eigenvalue weighted by atomic mass is 79.9. The van der Waals surface area contributed by atoms with Crippen molar-refractivity contribution in [1.82, 2.24) is 14.5 Å². The topological polar surface area (TPSA) is 84.7 Å². The van der Waals surface area contributed by atoms with E-state index in [1.54, 1.807) is 61.1 Å². The summed E-state index contributed by atoms with van der Waals surface area (Å²) in [5.41, 5.74) is 1.21. The number of imidazole rings is 1. The van der Waals surface area contributed by atoms with Crippen LogP contribution in [-0.2, 0) is 16.1 Å². The van der Waals surface area contributed by atoms with Crippen LogP contribution in [0.2, 0.25) is 0 Å². The fraction of sp³-hybridized carbons (Fsp3) is 0.192. The van der Waals surface area contributed by atoms with Gasteiger partial charge in [0.25, 0.3) is 11.7 Å². The maximum absolute atomic E-state index is 13.2. The average molecular weight is 522 g/mol. The van der Waals surface area contributed by atoms with Crippen LogP contribution in [0.3, 0.4) is 0 Å². The molecule has 34 heavy (non-hydrogen) atoms. The molecule has 0 radical (unpaired) electrons. The van der Waals surface area contributed by atoms with Crippen molar-refractivity contribution >= 4 is 33.4 Å². The van der Waals surface area contributed by atoms with Gasteiger partial charge in [0, 0.05) is 35.5 Å². The lowest BCUT2D eigenvalue weighted by atomic mass is 9.95. The van der Waals surface area contributed by atoms with Crippen LogP contribution in [0.25, 0.3) is 5.76 Å². The fourth-order valence-corrected chi connectivity index (χ4v) is 4.26. The third kappa shape index (κ3) is 4.97. The van der Waals surface area contributed by atoms with Gasteiger partial charge in [-0.3, -0.25) is 9.59 Å². The van der Waals surface area contributed by atoms with Crippen LogP contribution in [0.5, 0.6) is 5.75 Å². The largest absolute Gasteiger partial charge is 0.507 e. The Morgan fingerprint density at radius 3 is 2.68 bits per heavy atom. The van der Waals surface area contributed by atoms with E-state index in [4.69, 9.17) is 4.74 Å². The zero-order chi connectivity index (χ0) is 24.1. The number of likely N-dealkylation sites (tertiary alicyclic amines) is 1. The predicted molar refractivity (Wildman–Crippen MR) is 132 cm³/mol. The van der Waals surface area contributed by atoms with Gasteiger partial charge in [-0.25, -0.2) is 4.98 Å². The Morgan fingerprint density at radius 1 is 1.18 bits per heavy atom. The molecular weight excluding hydrogens is 498 g/mol. The number of aliphatic hydroxyl groups excluding tert-OH is 1. The molecule has 0 saturated carbocycles. The molecule has 8 heteroatoms. The number of benzene rings is 2. The quantitative estimate of drug-likeness (QED) is 0.190. The van der Waals surface area contributed by atoms with Crippen LogP contribution in [0, 0.1) is 0 Å². The molecule has 1 amide bonds. The van der Waals surface area contributed by atoms with Crippen LogP contribution in [0.1, 0.15) is 23.6 Å². The highest BCUT2D eigenvalue weighted by Gasteiger charge is 2.45. The van der Waals surface area contributed by atoms with Crippen LogP contribution in [-0.4, -0.2) is 44.4 Å². The maximum atomic E-state index is 13.2. The van der Waals surface area contributed by atoms with E-state index in [9.17, 15) is 14.7 Å². The molecule has 1 aromatic heterocycles. The number of nitrogens with zero attached hydrogens (tertiary/aromatic N) is 3. The van der Waals surface area contributed by atoms with Crippen molar-refractivity contribution in [2.75, 3.05) is 13.2 Å². The summed E-state index contributed by atoms with van der Waals surface area (Å²) < 4.78 is 8.42. The molecule has 1 N–H and O–H groups in total. The lowest BCUT2D eigenvalue weighted by Crippen LogP contribution is -2.31. The van der Waals surface area contributed by atoms with Crippen molar-refractivity contribution < 1.29 is 19.4 Å². The van der Waals surface area contributed by atoms with Gasteiger partial charge in [0.15, 0.2) is 0 Å². The maximum Gasteiger partial charge on any atom is 0.295 e. The van der Waals surface area contributed by atoms with Crippen LogP contribution in [0.15, 0.2) is 90.0 Å². The van der Waals surface area contributed by atoms with Gasteiger partial charge in [-0.15, -0.1) is 0 Å². The van der Waals surface area contributed by atoms with E-state index in [0.717, 1.165) is 4.47 Å². The normalized spacial score (nSPS) is 17.2. The van der Waals surface area contributed by atoms with E-state index in [1.165, 1.54) is 4.90 Å². The zero-order valence-electron chi connectivity index (χ0n) is 18.4. The van der Waals surface area contributed by atoms with Crippen molar-refractivity contribution in [2.24, 2.45) is 0 Å². The summed E-state index contributed by atoms with van der Waals surface area (Å²) >= 11 is 3.38. The first-order chi connectivity index (χ1) is 16.5. The summed E-state index contributed by atoms with van der Waals surface area (Å²) in [5.74, 6) is -0.951. The highest BCUT2D eigenvalue weighted by Crippen LogP contribution is 2.40. The van der Waals surface area contributed by atoms with Crippen molar-refractivity contribution in [3.63, 3.8) is 0 Å². The van der Waals surface area contributed by atoms with Gasteiger partial charge in [-0.1, -0.05) is 52.9 Å². The Balaban J connectivity index is 1.73.